The Hall–Kier alpha value is -1.79. The number of benzene rings is 1. The van der Waals surface area contributed by atoms with Gasteiger partial charge in [-0.15, -0.1) is 0 Å². The molecule has 3 N–H and O–H groups in total. The fraction of sp³-hybridized carbons (Fsp3) is 0.417. The number of aryl methyl sites for hydroxylation is 1. The van der Waals surface area contributed by atoms with Gasteiger partial charge >= 0.3 is 5.76 Å². The molecule has 0 fully saturated rings. The smallest absolute Gasteiger partial charge is 0.408 e. The summed E-state index contributed by atoms with van der Waals surface area (Å²) in [5.74, 6) is -0.383. The van der Waals surface area contributed by atoms with Crippen LogP contribution in [0.3, 0.4) is 0 Å². The van der Waals surface area contributed by atoms with E-state index in [1.807, 2.05) is 24.1 Å². The molecule has 98 valence electrons. The van der Waals surface area contributed by atoms with Crippen molar-refractivity contribution in [1.82, 2.24) is 4.57 Å². The van der Waals surface area contributed by atoms with E-state index in [0.717, 1.165) is 11.2 Å². The summed E-state index contributed by atoms with van der Waals surface area (Å²) in [5.41, 5.74) is 7.52. The Morgan fingerprint density at radius 3 is 2.94 bits per heavy atom. The van der Waals surface area contributed by atoms with Crippen molar-refractivity contribution in [2.75, 3.05) is 25.0 Å². The molecule has 2 aromatic rings. The van der Waals surface area contributed by atoms with Crippen LogP contribution in [0, 0.1) is 0 Å². The summed E-state index contributed by atoms with van der Waals surface area (Å²) in [5, 5.41) is 9.51. The molecule has 1 aromatic heterocycles. The molecular weight excluding hydrogens is 234 g/mol. The fourth-order valence-electron chi connectivity index (χ4n) is 1.86. The molecule has 1 aromatic carbocycles. The average Bonchev–Trinajstić information content (AvgIpc) is 2.64. The van der Waals surface area contributed by atoms with Gasteiger partial charge in [-0.05, 0) is 12.1 Å². The molecule has 0 saturated heterocycles. The number of nitrogens with two attached hydrogens (primary N) is 1. The van der Waals surface area contributed by atoms with Crippen LogP contribution in [0.15, 0.2) is 27.4 Å². The minimum absolute atomic E-state index is 0.215. The third-order valence-corrected chi connectivity index (χ3v) is 2.97. The van der Waals surface area contributed by atoms with E-state index >= 15 is 0 Å². The first-order chi connectivity index (χ1) is 8.52. The molecule has 0 aliphatic carbocycles. The van der Waals surface area contributed by atoms with Crippen molar-refractivity contribution >= 4 is 16.8 Å². The molecule has 18 heavy (non-hydrogen) atoms. The predicted molar refractivity (Wildman–Crippen MR) is 69.8 cm³/mol. The van der Waals surface area contributed by atoms with Crippen molar-refractivity contribution in [2.24, 2.45) is 12.8 Å². The number of nitrogens with zero attached hydrogens (tertiary/aromatic N) is 2. The fourth-order valence-corrected chi connectivity index (χ4v) is 1.86. The maximum absolute atomic E-state index is 11.4. The van der Waals surface area contributed by atoms with E-state index in [4.69, 9.17) is 10.2 Å². The summed E-state index contributed by atoms with van der Waals surface area (Å²) in [6.45, 7) is 0.645. The SMILES string of the molecule is CN(CC(O)CN)c1ccc2c(c1)oc(=O)n2C. The quantitative estimate of drug-likeness (QED) is 0.792. The van der Waals surface area contributed by atoms with Crippen LogP contribution in [-0.4, -0.2) is 35.9 Å². The number of aliphatic hydroxyl groups excluding tert-OH is 1. The molecule has 0 aliphatic heterocycles. The van der Waals surface area contributed by atoms with Crippen molar-refractivity contribution in [1.29, 1.82) is 0 Å². The van der Waals surface area contributed by atoms with Gasteiger partial charge in [-0.1, -0.05) is 0 Å². The van der Waals surface area contributed by atoms with E-state index < -0.39 is 6.10 Å². The van der Waals surface area contributed by atoms with Crippen LogP contribution < -0.4 is 16.4 Å². The first kappa shape index (κ1) is 12.7. The third kappa shape index (κ3) is 2.25. The number of fused-ring (bicyclic) bond motifs is 1. The van der Waals surface area contributed by atoms with E-state index in [1.165, 1.54) is 4.57 Å². The second-order valence-corrected chi connectivity index (χ2v) is 4.35. The minimum Gasteiger partial charge on any atom is -0.408 e. The van der Waals surface area contributed by atoms with Gasteiger partial charge in [0.05, 0.1) is 11.6 Å². The zero-order valence-electron chi connectivity index (χ0n) is 10.5. The van der Waals surface area contributed by atoms with Gasteiger partial charge in [0.25, 0.3) is 0 Å². The first-order valence-electron chi connectivity index (χ1n) is 5.71. The molecular formula is C12H17N3O3. The average molecular weight is 251 g/mol. The number of anilines is 1. The second kappa shape index (κ2) is 4.83. The van der Waals surface area contributed by atoms with Gasteiger partial charge < -0.3 is 20.2 Å². The van der Waals surface area contributed by atoms with Crippen LogP contribution in [-0.2, 0) is 7.05 Å². The number of hydrogen-bond acceptors (Lipinski definition) is 5. The highest BCUT2D eigenvalue weighted by Crippen LogP contribution is 2.20. The molecule has 1 heterocycles. The molecule has 6 nitrogen and oxygen atoms in total. The second-order valence-electron chi connectivity index (χ2n) is 4.35. The number of likely N-dealkylation sites (N-methyl/N-ethyl adjacent to an activating group) is 1. The lowest BCUT2D eigenvalue weighted by Gasteiger charge is -2.21. The Labute approximate surface area is 104 Å². The van der Waals surface area contributed by atoms with E-state index in [1.54, 1.807) is 13.1 Å². The lowest BCUT2D eigenvalue weighted by Crippen LogP contribution is -2.34. The first-order valence-corrected chi connectivity index (χ1v) is 5.71. The Balaban J connectivity index is 2.32. The summed E-state index contributed by atoms with van der Waals surface area (Å²) >= 11 is 0. The van der Waals surface area contributed by atoms with Crippen molar-refractivity contribution in [2.45, 2.75) is 6.10 Å². The minimum atomic E-state index is -0.575. The number of hydrogen-bond donors (Lipinski definition) is 2. The number of oxazole rings is 1. The lowest BCUT2D eigenvalue weighted by molar-refractivity contribution is 0.189. The van der Waals surface area contributed by atoms with Crippen molar-refractivity contribution < 1.29 is 9.52 Å². The third-order valence-electron chi connectivity index (χ3n) is 2.97. The van der Waals surface area contributed by atoms with Gasteiger partial charge in [0, 0.05) is 38.9 Å². The van der Waals surface area contributed by atoms with Crippen molar-refractivity contribution in [3.8, 4) is 0 Å². The molecule has 0 saturated carbocycles. The normalized spacial score (nSPS) is 12.9. The summed E-state index contributed by atoms with van der Waals surface area (Å²) < 4.78 is 6.57. The molecule has 1 atom stereocenters. The molecule has 0 spiro atoms. The van der Waals surface area contributed by atoms with E-state index in [9.17, 15) is 9.90 Å². The number of rotatable bonds is 4. The molecule has 1 unspecified atom stereocenters. The summed E-state index contributed by atoms with van der Waals surface area (Å²) in [6, 6.07) is 5.47. The molecule has 0 aliphatic rings. The van der Waals surface area contributed by atoms with Crippen LogP contribution in [0.1, 0.15) is 0 Å². The summed E-state index contributed by atoms with van der Waals surface area (Å²) in [7, 11) is 3.51. The topological polar surface area (TPSA) is 84.6 Å². The number of aromatic nitrogens is 1. The van der Waals surface area contributed by atoms with Gasteiger partial charge in [0.1, 0.15) is 0 Å². The molecule has 0 amide bonds. The highest BCUT2D eigenvalue weighted by atomic mass is 16.4. The van der Waals surface area contributed by atoms with Gasteiger partial charge in [-0.2, -0.15) is 0 Å². The van der Waals surface area contributed by atoms with E-state index in [2.05, 4.69) is 0 Å². The lowest BCUT2D eigenvalue weighted by atomic mass is 10.2. The zero-order chi connectivity index (χ0) is 13.3. The number of aliphatic hydroxyl groups is 1. The Morgan fingerprint density at radius 2 is 2.28 bits per heavy atom. The van der Waals surface area contributed by atoms with Crippen LogP contribution in [0.2, 0.25) is 0 Å². The van der Waals surface area contributed by atoms with Crippen LogP contribution in [0.4, 0.5) is 5.69 Å². The molecule has 2 rings (SSSR count). The van der Waals surface area contributed by atoms with Gasteiger partial charge in [0.15, 0.2) is 5.58 Å². The zero-order valence-corrected chi connectivity index (χ0v) is 10.5. The van der Waals surface area contributed by atoms with Crippen molar-refractivity contribution in [3.63, 3.8) is 0 Å². The highest BCUT2D eigenvalue weighted by Gasteiger charge is 2.10. The van der Waals surface area contributed by atoms with Crippen LogP contribution in [0.5, 0.6) is 0 Å². The Kier molecular flexibility index (Phi) is 3.40. The van der Waals surface area contributed by atoms with E-state index in [0.29, 0.717) is 12.1 Å². The van der Waals surface area contributed by atoms with E-state index in [-0.39, 0.29) is 12.3 Å². The van der Waals surface area contributed by atoms with Gasteiger partial charge in [-0.3, -0.25) is 4.57 Å². The highest BCUT2D eigenvalue weighted by molar-refractivity contribution is 5.77. The Morgan fingerprint density at radius 1 is 1.56 bits per heavy atom. The van der Waals surface area contributed by atoms with Crippen LogP contribution >= 0.6 is 0 Å². The standard InChI is InChI=1S/C12H17N3O3/c1-14(7-9(16)6-13)8-3-4-10-11(5-8)18-12(17)15(10)2/h3-5,9,16H,6-7,13H2,1-2H3. The van der Waals surface area contributed by atoms with Gasteiger partial charge in [0.2, 0.25) is 0 Å². The molecule has 0 radical (unpaired) electrons. The maximum atomic E-state index is 11.4. The Bertz CT molecular complexity index is 602. The summed E-state index contributed by atoms with van der Waals surface area (Å²) in [6.07, 6.45) is -0.575. The largest absolute Gasteiger partial charge is 0.419 e. The van der Waals surface area contributed by atoms with Crippen LogP contribution in [0.25, 0.3) is 11.1 Å². The molecule has 6 heteroatoms. The monoisotopic (exact) mass is 251 g/mol. The maximum Gasteiger partial charge on any atom is 0.419 e. The van der Waals surface area contributed by atoms with Crippen molar-refractivity contribution in [3.05, 3.63) is 28.7 Å². The predicted octanol–water partition coefficient (Wildman–Crippen LogP) is -0.113. The molecule has 0 bridgehead atoms. The summed E-state index contributed by atoms with van der Waals surface area (Å²) in [4.78, 5) is 13.2. The van der Waals surface area contributed by atoms with Gasteiger partial charge in [-0.25, -0.2) is 4.79 Å².